The van der Waals surface area contributed by atoms with E-state index in [1.54, 1.807) is 12.4 Å². The van der Waals surface area contributed by atoms with Crippen molar-refractivity contribution in [3.05, 3.63) is 47.9 Å². The molecule has 1 aromatic carbocycles. The third-order valence-electron chi connectivity index (χ3n) is 3.49. The van der Waals surface area contributed by atoms with Crippen molar-refractivity contribution in [1.29, 1.82) is 0 Å². The lowest BCUT2D eigenvalue weighted by atomic mass is 9.86. The molecular weight excluding hydrogens is 264 g/mol. The van der Waals surface area contributed by atoms with E-state index in [4.69, 9.17) is 0 Å². The van der Waals surface area contributed by atoms with Crippen molar-refractivity contribution in [2.45, 2.75) is 26.2 Å². The zero-order valence-electron chi connectivity index (χ0n) is 12.3. The number of nitrogens with zero attached hydrogens (tertiary/aromatic N) is 1. The first-order chi connectivity index (χ1) is 9.93. The fraction of sp³-hybridized carbons (Fsp3) is 0.250. The zero-order valence-corrected chi connectivity index (χ0v) is 12.3. The Bertz CT molecular complexity index is 778. The predicted octanol–water partition coefficient (Wildman–Crippen LogP) is 3.44. The summed E-state index contributed by atoms with van der Waals surface area (Å²) >= 11 is 0. The van der Waals surface area contributed by atoms with Crippen molar-refractivity contribution in [1.82, 2.24) is 15.2 Å². The maximum Gasteiger partial charge on any atom is 0.272 e. The smallest absolute Gasteiger partial charge is 0.272 e. The standard InChI is InChI=1S/C16H18N4O/c1-16(2,3)11-4-5-13-10(6-11)7-14(20-13)15(21)19-12-8-17-18-9-12/h4-9,20H,1-3H3,(H,17,18)(H,19,21). The number of aromatic nitrogens is 3. The number of amides is 1. The fourth-order valence-electron chi connectivity index (χ4n) is 2.24. The van der Waals surface area contributed by atoms with Gasteiger partial charge in [0.25, 0.3) is 5.91 Å². The summed E-state index contributed by atoms with van der Waals surface area (Å²) in [6.07, 6.45) is 3.20. The van der Waals surface area contributed by atoms with Crippen LogP contribution in [-0.4, -0.2) is 21.1 Å². The molecule has 2 aromatic heterocycles. The molecule has 0 aliphatic heterocycles. The molecule has 0 aliphatic rings. The molecule has 0 radical (unpaired) electrons. The van der Waals surface area contributed by atoms with Gasteiger partial charge in [-0.25, -0.2) is 0 Å². The molecule has 0 bridgehead atoms. The summed E-state index contributed by atoms with van der Waals surface area (Å²) in [4.78, 5) is 15.3. The van der Waals surface area contributed by atoms with E-state index in [1.807, 2.05) is 12.1 Å². The summed E-state index contributed by atoms with van der Waals surface area (Å²) in [5.74, 6) is -0.176. The minimum absolute atomic E-state index is 0.0880. The zero-order chi connectivity index (χ0) is 15.0. The maximum absolute atomic E-state index is 12.2. The van der Waals surface area contributed by atoms with E-state index in [9.17, 15) is 4.79 Å². The number of fused-ring (bicyclic) bond motifs is 1. The van der Waals surface area contributed by atoms with Crippen molar-refractivity contribution < 1.29 is 4.79 Å². The minimum atomic E-state index is -0.176. The Hall–Kier alpha value is -2.56. The van der Waals surface area contributed by atoms with Gasteiger partial charge in [-0.2, -0.15) is 5.10 Å². The van der Waals surface area contributed by atoms with Gasteiger partial charge in [-0.05, 0) is 29.2 Å². The van der Waals surface area contributed by atoms with E-state index in [-0.39, 0.29) is 11.3 Å². The van der Waals surface area contributed by atoms with Crippen LogP contribution in [0.15, 0.2) is 36.7 Å². The second kappa shape index (κ2) is 4.77. The van der Waals surface area contributed by atoms with Gasteiger partial charge in [0.1, 0.15) is 5.69 Å². The number of aromatic amines is 2. The molecule has 3 N–H and O–H groups in total. The molecule has 1 amide bonds. The molecule has 0 fully saturated rings. The van der Waals surface area contributed by atoms with Crippen LogP contribution in [-0.2, 0) is 5.41 Å². The predicted molar refractivity (Wildman–Crippen MR) is 83.5 cm³/mol. The van der Waals surface area contributed by atoms with Crippen LogP contribution in [0.3, 0.4) is 0 Å². The van der Waals surface area contributed by atoms with Gasteiger partial charge in [-0.3, -0.25) is 9.89 Å². The van der Waals surface area contributed by atoms with Gasteiger partial charge in [-0.1, -0.05) is 26.8 Å². The average Bonchev–Trinajstić information content (AvgIpc) is 3.04. The summed E-state index contributed by atoms with van der Waals surface area (Å²) < 4.78 is 0. The van der Waals surface area contributed by atoms with E-state index in [2.05, 4.69) is 53.4 Å². The molecule has 0 unspecified atom stereocenters. The molecule has 0 atom stereocenters. The molecule has 108 valence electrons. The van der Waals surface area contributed by atoms with Crippen LogP contribution in [0.1, 0.15) is 36.8 Å². The van der Waals surface area contributed by atoms with Gasteiger partial charge in [0.05, 0.1) is 11.9 Å². The van der Waals surface area contributed by atoms with Crippen LogP contribution in [0.5, 0.6) is 0 Å². The van der Waals surface area contributed by atoms with E-state index < -0.39 is 0 Å². The SMILES string of the molecule is CC(C)(C)c1ccc2[nH]c(C(=O)Nc3cn[nH]c3)cc2c1. The van der Waals surface area contributed by atoms with Gasteiger partial charge in [-0.15, -0.1) is 0 Å². The van der Waals surface area contributed by atoms with Gasteiger partial charge in [0.15, 0.2) is 0 Å². The van der Waals surface area contributed by atoms with Crippen molar-refractivity contribution in [2.75, 3.05) is 5.32 Å². The van der Waals surface area contributed by atoms with E-state index in [1.165, 1.54) is 5.56 Å². The molecule has 0 spiro atoms. The Kier molecular flexibility index (Phi) is 3.05. The second-order valence-electron chi connectivity index (χ2n) is 6.18. The summed E-state index contributed by atoms with van der Waals surface area (Å²) in [6.45, 7) is 6.52. The van der Waals surface area contributed by atoms with Crippen molar-refractivity contribution in [3.8, 4) is 0 Å². The van der Waals surface area contributed by atoms with Gasteiger partial charge >= 0.3 is 0 Å². The normalized spacial score (nSPS) is 11.8. The second-order valence-corrected chi connectivity index (χ2v) is 6.18. The highest BCUT2D eigenvalue weighted by atomic mass is 16.1. The third-order valence-corrected chi connectivity index (χ3v) is 3.49. The number of hydrogen-bond donors (Lipinski definition) is 3. The minimum Gasteiger partial charge on any atom is -0.351 e. The van der Waals surface area contributed by atoms with Crippen molar-refractivity contribution in [3.63, 3.8) is 0 Å². The fourth-order valence-corrected chi connectivity index (χ4v) is 2.24. The first-order valence-electron chi connectivity index (χ1n) is 6.87. The number of H-pyrrole nitrogens is 2. The Morgan fingerprint density at radius 1 is 1.24 bits per heavy atom. The molecule has 5 heteroatoms. The molecule has 0 aliphatic carbocycles. The topological polar surface area (TPSA) is 73.6 Å². The van der Waals surface area contributed by atoms with E-state index in [0.717, 1.165) is 10.9 Å². The monoisotopic (exact) mass is 282 g/mol. The van der Waals surface area contributed by atoms with Gasteiger partial charge < -0.3 is 10.3 Å². The number of nitrogens with one attached hydrogen (secondary N) is 3. The molecule has 3 rings (SSSR count). The first kappa shape index (κ1) is 13.4. The van der Waals surface area contributed by atoms with Crippen LogP contribution < -0.4 is 5.32 Å². The van der Waals surface area contributed by atoms with Crippen molar-refractivity contribution >= 4 is 22.5 Å². The van der Waals surface area contributed by atoms with E-state index >= 15 is 0 Å². The lowest BCUT2D eigenvalue weighted by Crippen LogP contribution is -2.11. The number of rotatable bonds is 2. The van der Waals surface area contributed by atoms with Crippen LogP contribution in [0.2, 0.25) is 0 Å². The van der Waals surface area contributed by atoms with Crippen LogP contribution in [0.4, 0.5) is 5.69 Å². The van der Waals surface area contributed by atoms with Crippen molar-refractivity contribution in [2.24, 2.45) is 0 Å². The number of hydrogen-bond acceptors (Lipinski definition) is 2. The maximum atomic E-state index is 12.2. The highest BCUT2D eigenvalue weighted by molar-refractivity contribution is 6.05. The Morgan fingerprint density at radius 3 is 2.71 bits per heavy atom. The largest absolute Gasteiger partial charge is 0.351 e. The quantitative estimate of drug-likeness (QED) is 0.673. The molecule has 2 heterocycles. The first-order valence-corrected chi connectivity index (χ1v) is 6.87. The summed E-state index contributed by atoms with van der Waals surface area (Å²) in [5, 5.41) is 10.3. The average molecular weight is 282 g/mol. The molecule has 3 aromatic rings. The number of benzene rings is 1. The lowest BCUT2D eigenvalue weighted by Gasteiger charge is -2.18. The van der Waals surface area contributed by atoms with Gasteiger partial charge in [0.2, 0.25) is 0 Å². The van der Waals surface area contributed by atoms with E-state index in [0.29, 0.717) is 11.4 Å². The Morgan fingerprint density at radius 2 is 2.05 bits per heavy atom. The van der Waals surface area contributed by atoms with Crippen LogP contribution in [0.25, 0.3) is 10.9 Å². The molecule has 21 heavy (non-hydrogen) atoms. The number of carbonyl (C=O) groups excluding carboxylic acids is 1. The summed E-state index contributed by atoms with van der Waals surface area (Å²) in [6, 6.07) is 8.11. The number of carbonyl (C=O) groups is 1. The van der Waals surface area contributed by atoms with Crippen LogP contribution >= 0.6 is 0 Å². The molecule has 0 saturated carbocycles. The van der Waals surface area contributed by atoms with Crippen LogP contribution in [0, 0.1) is 0 Å². The highest BCUT2D eigenvalue weighted by Crippen LogP contribution is 2.26. The Labute approximate surface area is 122 Å². The summed E-state index contributed by atoms with van der Waals surface area (Å²) in [5.41, 5.74) is 3.48. The van der Waals surface area contributed by atoms with Gasteiger partial charge in [0, 0.05) is 17.1 Å². The Balaban J connectivity index is 1.92. The molecule has 0 saturated heterocycles. The number of anilines is 1. The molecular formula is C16H18N4O. The third kappa shape index (κ3) is 2.67. The lowest BCUT2D eigenvalue weighted by molar-refractivity contribution is 0.102. The highest BCUT2D eigenvalue weighted by Gasteiger charge is 2.16. The molecule has 5 nitrogen and oxygen atoms in total. The summed E-state index contributed by atoms with van der Waals surface area (Å²) in [7, 11) is 0.